The molecule has 0 spiro atoms. The zero-order valence-corrected chi connectivity index (χ0v) is 17.2. The first-order valence-corrected chi connectivity index (χ1v) is 9.53. The van der Waals surface area contributed by atoms with Gasteiger partial charge in [-0.2, -0.15) is 0 Å². The van der Waals surface area contributed by atoms with Gasteiger partial charge < -0.3 is 14.4 Å². The van der Waals surface area contributed by atoms with Crippen LogP contribution in [-0.4, -0.2) is 45.3 Å². The molecule has 6 heteroatoms. The van der Waals surface area contributed by atoms with Crippen molar-refractivity contribution < 1.29 is 9.59 Å². The van der Waals surface area contributed by atoms with Gasteiger partial charge >= 0.3 is 0 Å². The van der Waals surface area contributed by atoms with Crippen molar-refractivity contribution in [1.82, 2.24) is 14.4 Å². The van der Waals surface area contributed by atoms with Crippen molar-refractivity contribution >= 4 is 11.8 Å². The zero-order chi connectivity index (χ0) is 20.6. The van der Waals surface area contributed by atoms with Gasteiger partial charge in [0.1, 0.15) is 11.6 Å². The third-order valence-electron chi connectivity index (χ3n) is 5.66. The third kappa shape index (κ3) is 3.59. The minimum Gasteiger partial charge on any atom is -0.335 e. The number of hydrogen-bond donors (Lipinski definition) is 0. The first kappa shape index (κ1) is 19.9. The van der Waals surface area contributed by atoms with E-state index in [1.165, 1.54) is 9.47 Å². The number of benzene rings is 1. The van der Waals surface area contributed by atoms with Crippen molar-refractivity contribution in [3.63, 3.8) is 0 Å². The molecule has 1 aliphatic heterocycles. The number of nitrogens with zero attached hydrogens (tertiary/aromatic N) is 3. The number of amides is 2. The molecular weight excluding hydrogens is 354 g/mol. The van der Waals surface area contributed by atoms with Gasteiger partial charge in [-0.25, -0.2) is 0 Å². The summed E-state index contributed by atoms with van der Waals surface area (Å²) >= 11 is 0. The molecule has 2 heterocycles. The second-order valence-electron chi connectivity index (χ2n) is 7.61. The first-order chi connectivity index (χ1) is 13.2. The highest BCUT2D eigenvalue weighted by atomic mass is 16.2. The molecule has 28 heavy (non-hydrogen) atoms. The Labute approximate surface area is 165 Å². The van der Waals surface area contributed by atoms with Crippen molar-refractivity contribution in [1.29, 1.82) is 0 Å². The number of aryl methyl sites for hydroxylation is 2. The molecule has 2 aromatic rings. The predicted octanol–water partition coefficient (Wildman–Crippen LogP) is 2.18. The predicted molar refractivity (Wildman–Crippen MR) is 108 cm³/mol. The molecular formula is C22H27N3O3. The number of pyridine rings is 1. The van der Waals surface area contributed by atoms with Gasteiger partial charge in [-0.3, -0.25) is 14.4 Å². The van der Waals surface area contributed by atoms with Gasteiger partial charge in [0, 0.05) is 32.4 Å². The van der Waals surface area contributed by atoms with Crippen molar-refractivity contribution in [3.8, 4) is 0 Å². The van der Waals surface area contributed by atoms with E-state index in [9.17, 15) is 14.4 Å². The maximum atomic E-state index is 13.0. The molecule has 1 aromatic carbocycles. The summed E-state index contributed by atoms with van der Waals surface area (Å²) in [5, 5.41) is 0. The summed E-state index contributed by atoms with van der Waals surface area (Å²) in [6.45, 7) is 8.86. The molecule has 3 rings (SSSR count). The minimum absolute atomic E-state index is 0.0956. The van der Waals surface area contributed by atoms with E-state index >= 15 is 0 Å². The van der Waals surface area contributed by atoms with Gasteiger partial charge in [-0.05, 0) is 44.9 Å². The molecule has 148 valence electrons. The van der Waals surface area contributed by atoms with E-state index in [2.05, 4.69) is 6.07 Å². The van der Waals surface area contributed by atoms with Crippen LogP contribution in [0.1, 0.15) is 39.7 Å². The van der Waals surface area contributed by atoms with E-state index in [0.29, 0.717) is 19.6 Å². The van der Waals surface area contributed by atoms with E-state index < -0.39 is 6.04 Å². The zero-order valence-electron chi connectivity index (χ0n) is 17.2. The Kier molecular flexibility index (Phi) is 5.40. The highest BCUT2D eigenvalue weighted by Crippen LogP contribution is 2.18. The second kappa shape index (κ2) is 7.62. The quantitative estimate of drug-likeness (QED) is 0.819. The molecule has 0 bridgehead atoms. The highest BCUT2D eigenvalue weighted by molar-refractivity contribution is 5.98. The first-order valence-electron chi connectivity index (χ1n) is 9.53. The van der Waals surface area contributed by atoms with Crippen LogP contribution in [0.5, 0.6) is 0 Å². The minimum atomic E-state index is -0.600. The standard InChI is InChI=1S/C22H27N3O3/c1-14-7-6-8-18(11-14)13-24-9-10-25(17(4)20(24)26)22(28)19-12-15(2)16(3)23(5)21(19)27/h6-8,11-12,17H,9-10,13H2,1-5H3/t17-/m0/s1. The van der Waals surface area contributed by atoms with Crippen molar-refractivity contribution in [2.75, 3.05) is 13.1 Å². The number of carbonyl (C=O) groups is 2. The molecule has 0 aliphatic carbocycles. The smallest absolute Gasteiger partial charge is 0.263 e. The highest BCUT2D eigenvalue weighted by Gasteiger charge is 2.35. The lowest BCUT2D eigenvalue weighted by atomic mass is 10.1. The van der Waals surface area contributed by atoms with Gasteiger partial charge in [-0.15, -0.1) is 0 Å². The SMILES string of the molecule is Cc1cccc(CN2CCN(C(=O)c3cc(C)c(C)n(C)c3=O)[C@@H](C)C2=O)c1. The maximum absolute atomic E-state index is 13.0. The molecule has 2 amide bonds. The number of rotatable bonds is 3. The summed E-state index contributed by atoms with van der Waals surface area (Å²) in [4.78, 5) is 41.8. The van der Waals surface area contributed by atoms with Crippen molar-refractivity contribution in [2.45, 2.75) is 40.3 Å². The number of aromatic nitrogens is 1. The van der Waals surface area contributed by atoms with Gasteiger partial charge in [-0.1, -0.05) is 29.8 Å². The largest absolute Gasteiger partial charge is 0.335 e. The van der Waals surface area contributed by atoms with Crippen molar-refractivity contribution in [2.24, 2.45) is 7.05 Å². The summed E-state index contributed by atoms with van der Waals surface area (Å²) in [7, 11) is 1.66. The molecule has 0 radical (unpaired) electrons. The lowest BCUT2D eigenvalue weighted by molar-refractivity contribution is -0.140. The van der Waals surface area contributed by atoms with Crippen LogP contribution in [-0.2, 0) is 18.4 Å². The van der Waals surface area contributed by atoms with E-state index in [1.54, 1.807) is 24.9 Å². The van der Waals surface area contributed by atoms with Crippen LogP contribution in [0.15, 0.2) is 35.1 Å². The Morgan fingerprint density at radius 1 is 1.11 bits per heavy atom. The van der Waals surface area contributed by atoms with Crippen LogP contribution in [0.3, 0.4) is 0 Å². The average Bonchev–Trinajstić information content (AvgIpc) is 2.66. The maximum Gasteiger partial charge on any atom is 0.263 e. The average molecular weight is 381 g/mol. The summed E-state index contributed by atoms with van der Waals surface area (Å²) < 4.78 is 1.49. The Hall–Kier alpha value is -2.89. The van der Waals surface area contributed by atoms with E-state index in [-0.39, 0.29) is 22.9 Å². The third-order valence-corrected chi connectivity index (χ3v) is 5.66. The van der Waals surface area contributed by atoms with Crippen LogP contribution in [0.25, 0.3) is 0 Å². The van der Waals surface area contributed by atoms with Crippen LogP contribution in [0.2, 0.25) is 0 Å². The lowest BCUT2D eigenvalue weighted by Crippen LogP contribution is -2.57. The van der Waals surface area contributed by atoms with Crippen molar-refractivity contribution in [3.05, 3.63) is 68.6 Å². The Balaban J connectivity index is 1.80. The number of hydrogen-bond acceptors (Lipinski definition) is 3. The second-order valence-corrected chi connectivity index (χ2v) is 7.61. The molecule has 1 saturated heterocycles. The molecule has 0 N–H and O–H groups in total. The fraction of sp³-hybridized carbons (Fsp3) is 0.409. The number of carbonyl (C=O) groups excluding carboxylic acids is 2. The molecule has 1 fully saturated rings. The summed E-state index contributed by atoms with van der Waals surface area (Å²) in [6.07, 6.45) is 0. The monoisotopic (exact) mass is 381 g/mol. The van der Waals surface area contributed by atoms with E-state index in [4.69, 9.17) is 0 Å². The topological polar surface area (TPSA) is 62.6 Å². The van der Waals surface area contributed by atoms with E-state index in [0.717, 1.165) is 22.4 Å². The fourth-order valence-corrected chi connectivity index (χ4v) is 3.68. The molecule has 1 aliphatic rings. The van der Waals surface area contributed by atoms with Gasteiger partial charge in [0.2, 0.25) is 5.91 Å². The van der Waals surface area contributed by atoms with Gasteiger partial charge in [0.15, 0.2) is 0 Å². The molecule has 0 saturated carbocycles. The Morgan fingerprint density at radius 2 is 1.82 bits per heavy atom. The van der Waals surface area contributed by atoms with Gasteiger partial charge in [0.05, 0.1) is 0 Å². The molecule has 0 unspecified atom stereocenters. The summed E-state index contributed by atoms with van der Waals surface area (Å²) in [5.41, 5.74) is 3.73. The summed E-state index contributed by atoms with van der Waals surface area (Å²) in [5.74, 6) is -0.471. The Morgan fingerprint density at radius 3 is 2.50 bits per heavy atom. The molecule has 6 nitrogen and oxygen atoms in total. The van der Waals surface area contributed by atoms with Crippen LogP contribution in [0, 0.1) is 20.8 Å². The molecule has 1 aromatic heterocycles. The van der Waals surface area contributed by atoms with Crippen LogP contribution >= 0.6 is 0 Å². The van der Waals surface area contributed by atoms with Crippen LogP contribution in [0.4, 0.5) is 0 Å². The fourth-order valence-electron chi connectivity index (χ4n) is 3.68. The van der Waals surface area contributed by atoms with Gasteiger partial charge in [0.25, 0.3) is 11.5 Å². The van der Waals surface area contributed by atoms with E-state index in [1.807, 2.05) is 39.0 Å². The normalized spacial score (nSPS) is 17.2. The lowest BCUT2D eigenvalue weighted by Gasteiger charge is -2.39. The number of piperazine rings is 1. The van der Waals surface area contributed by atoms with Crippen LogP contribution < -0.4 is 5.56 Å². The molecule has 1 atom stereocenters. The Bertz CT molecular complexity index is 993. The summed E-state index contributed by atoms with van der Waals surface area (Å²) in [6, 6.07) is 9.10.